The monoisotopic (exact) mass is 346 g/mol. The topological polar surface area (TPSA) is 76.0 Å². The minimum absolute atomic E-state index is 0.0154. The van der Waals surface area contributed by atoms with Crippen molar-refractivity contribution in [3.05, 3.63) is 17.7 Å². The number of hydrogen-bond donors (Lipinski definition) is 2. The number of rotatable bonds is 6. The molecule has 3 rings (SSSR count). The lowest BCUT2D eigenvalue weighted by Crippen LogP contribution is -2.40. The molecule has 0 saturated heterocycles. The van der Waals surface area contributed by atoms with Crippen molar-refractivity contribution in [2.24, 2.45) is 11.8 Å². The van der Waals surface area contributed by atoms with E-state index in [1.165, 1.54) is 12.8 Å². The molecule has 2 heterocycles. The summed E-state index contributed by atoms with van der Waals surface area (Å²) >= 11 is 0. The maximum Gasteiger partial charge on any atom is 0.271 e. The Morgan fingerprint density at radius 1 is 1.32 bits per heavy atom. The molecular formula is C19H30N4O2. The number of imidazole rings is 1. The molecule has 0 spiro atoms. The Bertz CT molecular complexity index is 619. The van der Waals surface area contributed by atoms with Crippen LogP contribution in [-0.4, -0.2) is 34.0 Å². The van der Waals surface area contributed by atoms with Crippen LogP contribution in [0.3, 0.4) is 0 Å². The molecule has 1 aliphatic carbocycles. The summed E-state index contributed by atoms with van der Waals surface area (Å²) in [6, 6.07) is 0.360. The summed E-state index contributed by atoms with van der Waals surface area (Å²) in [7, 11) is 0. The highest BCUT2D eigenvalue weighted by atomic mass is 16.2. The molecule has 1 aromatic rings. The summed E-state index contributed by atoms with van der Waals surface area (Å²) in [6.07, 6.45) is 8.92. The first-order chi connectivity index (χ1) is 12.1. The van der Waals surface area contributed by atoms with Crippen LogP contribution >= 0.6 is 0 Å². The van der Waals surface area contributed by atoms with Gasteiger partial charge in [-0.3, -0.25) is 9.59 Å². The fourth-order valence-electron chi connectivity index (χ4n) is 3.75. The van der Waals surface area contributed by atoms with Crippen molar-refractivity contribution >= 4 is 11.8 Å². The predicted molar refractivity (Wildman–Crippen MR) is 96.2 cm³/mol. The molecule has 138 valence electrons. The smallest absolute Gasteiger partial charge is 0.271 e. The van der Waals surface area contributed by atoms with Crippen molar-refractivity contribution < 1.29 is 9.59 Å². The average molecular weight is 346 g/mol. The Morgan fingerprint density at radius 2 is 2.08 bits per heavy atom. The van der Waals surface area contributed by atoms with Crippen LogP contribution in [0.25, 0.3) is 0 Å². The van der Waals surface area contributed by atoms with Gasteiger partial charge in [0.05, 0.1) is 17.9 Å². The molecular weight excluding hydrogens is 316 g/mol. The SMILES string of the molecule is CCC(C)CNC(=O)c1ncn2c1CCC(C(=O)NC1CCCC1)C2. The van der Waals surface area contributed by atoms with E-state index in [1.54, 1.807) is 6.33 Å². The fourth-order valence-corrected chi connectivity index (χ4v) is 3.75. The van der Waals surface area contributed by atoms with E-state index in [2.05, 4.69) is 29.5 Å². The van der Waals surface area contributed by atoms with Crippen molar-refractivity contribution in [2.45, 2.75) is 71.4 Å². The quantitative estimate of drug-likeness (QED) is 0.830. The number of fused-ring (bicyclic) bond motifs is 1. The van der Waals surface area contributed by atoms with Gasteiger partial charge in [0, 0.05) is 19.1 Å². The molecule has 0 bridgehead atoms. The van der Waals surface area contributed by atoms with E-state index in [0.29, 0.717) is 30.7 Å². The summed E-state index contributed by atoms with van der Waals surface area (Å²) in [5.41, 5.74) is 1.49. The maximum atomic E-state index is 12.5. The van der Waals surface area contributed by atoms with Gasteiger partial charge in [-0.15, -0.1) is 0 Å². The number of carbonyl (C=O) groups excluding carboxylic acids is 2. The molecule has 2 amide bonds. The van der Waals surface area contributed by atoms with Crippen LogP contribution < -0.4 is 10.6 Å². The van der Waals surface area contributed by atoms with E-state index in [1.807, 2.05) is 4.57 Å². The molecule has 6 heteroatoms. The third-order valence-corrected chi connectivity index (χ3v) is 5.69. The van der Waals surface area contributed by atoms with Crippen molar-refractivity contribution in [3.8, 4) is 0 Å². The van der Waals surface area contributed by atoms with Crippen molar-refractivity contribution in [1.29, 1.82) is 0 Å². The second kappa shape index (κ2) is 8.02. The molecule has 25 heavy (non-hydrogen) atoms. The van der Waals surface area contributed by atoms with Gasteiger partial charge in [-0.25, -0.2) is 4.98 Å². The first kappa shape index (κ1) is 18.0. The van der Waals surface area contributed by atoms with Crippen LogP contribution in [0.2, 0.25) is 0 Å². The second-order valence-electron chi connectivity index (χ2n) is 7.64. The maximum absolute atomic E-state index is 12.5. The molecule has 0 aromatic carbocycles. The van der Waals surface area contributed by atoms with E-state index in [9.17, 15) is 9.59 Å². The first-order valence-electron chi connectivity index (χ1n) is 9.71. The molecule has 1 aliphatic heterocycles. The zero-order valence-corrected chi connectivity index (χ0v) is 15.4. The Morgan fingerprint density at radius 3 is 2.80 bits per heavy atom. The third kappa shape index (κ3) is 4.22. The number of carbonyl (C=O) groups is 2. The van der Waals surface area contributed by atoms with E-state index < -0.39 is 0 Å². The Hall–Kier alpha value is -1.85. The Balaban J connectivity index is 1.58. The molecule has 1 saturated carbocycles. The van der Waals surface area contributed by atoms with Crippen LogP contribution in [0.1, 0.15) is 68.6 Å². The highest BCUT2D eigenvalue weighted by Gasteiger charge is 2.30. The van der Waals surface area contributed by atoms with Gasteiger partial charge in [-0.05, 0) is 31.6 Å². The molecule has 2 unspecified atom stereocenters. The minimum atomic E-state index is -0.0945. The summed E-state index contributed by atoms with van der Waals surface area (Å²) in [6.45, 7) is 5.54. The van der Waals surface area contributed by atoms with Crippen molar-refractivity contribution in [1.82, 2.24) is 20.2 Å². The lowest BCUT2D eigenvalue weighted by Gasteiger charge is -2.25. The van der Waals surface area contributed by atoms with Gasteiger partial charge in [-0.2, -0.15) is 0 Å². The van der Waals surface area contributed by atoms with Gasteiger partial charge in [0.25, 0.3) is 5.91 Å². The van der Waals surface area contributed by atoms with Crippen LogP contribution in [0, 0.1) is 11.8 Å². The number of nitrogens with zero attached hydrogens (tertiary/aromatic N) is 2. The highest BCUT2D eigenvalue weighted by Crippen LogP contribution is 2.24. The molecule has 1 fully saturated rings. The second-order valence-corrected chi connectivity index (χ2v) is 7.64. The first-order valence-corrected chi connectivity index (χ1v) is 9.71. The van der Waals surface area contributed by atoms with Gasteiger partial charge >= 0.3 is 0 Å². The molecule has 0 radical (unpaired) electrons. The summed E-state index contributed by atoms with van der Waals surface area (Å²) in [5.74, 6) is 0.515. The summed E-state index contributed by atoms with van der Waals surface area (Å²) in [5, 5.41) is 6.17. The molecule has 2 atom stereocenters. The van der Waals surface area contributed by atoms with Crippen molar-refractivity contribution in [2.75, 3.05) is 6.54 Å². The molecule has 2 N–H and O–H groups in total. The van der Waals surface area contributed by atoms with Crippen LogP contribution in [0.5, 0.6) is 0 Å². The van der Waals surface area contributed by atoms with Gasteiger partial charge in [-0.1, -0.05) is 33.1 Å². The average Bonchev–Trinajstić information content (AvgIpc) is 3.28. The molecule has 2 aliphatic rings. The Labute approximate surface area is 149 Å². The van der Waals surface area contributed by atoms with Gasteiger partial charge < -0.3 is 15.2 Å². The van der Waals surface area contributed by atoms with Crippen LogP contribution in [-0.2, 0) is 17.8 Å². The van der Waals surface area contributed by atoms with Crippen molar-refractivity contribution in [3.63, 3.8) is 0 Å². The van der Waals surface area contributed by atoms with Gasteiger partial charge in [0.2, 0.25) is 5.91 Å². The lowest BCUT2D eigenvalue weighted by molar-refractivity contribution is -0.126. The van der Waals surface area contributed by atoms with Crippen LogP contribution in [0.15, 0.2) is 6.33 Å². The Kier molecular flexibility index (Phi) is 5.76. The zero-order valence-electron chi connectivity index (χ0n) is 15.4. The van der Waals surface area contributed by atoms with E-state index in [-0.39, 0.29) is 17.7 Å². The van der Waals surface area contributed by atoms with E-state index in [4.69, 9.17) is 0 Å². The van der Waals surface area contributed by atoms with E-state index >= 15 is 0 Å². The standard InChI is InChI=1S/C19H30N4O2/c1-3-13(2)10-20-19(25)17-16-9-8-14(11-23(16)12-21-17)18(24)22-15-6-4-5-7-15/h12-15H,3-11H2,1-2H3,(H,20,25)(H,22,24). The fraction of sp³-hybridized carbons (Fsp3) is 0.737. The number of nitrogens with one attached hydrogen (secondary N) is 2. The van der Waals surface area contributed by atoms with Crippen LogP contribution in [0.4, 0.5) is 0 Å². The van der Waals surface area contributed by atoms with E-state index in [0.717, 1.165) is 37.8 Å². The van der Waals surface area contributed by atoms with Gasteiger partial charge in [0.1, 0.15) is 5.69 Å². The number of hydrogen-bond acceptors (Lipinski definition) is 3. The highest BCUT2D eigenvalue weighted by molar-refractivity contribution is 5.93. The lowest BCUT2D eigenvalue weighted by atomic mass is 9.95. The summed E-state index contributed by atoms with van der Waals surface area (Å²) < 4.78 is 1.99. The largest absolute Gasteiger partial charge is 0.353 e. The zero-order chi connectivity index (χ0) is 17.8. The molecule has 6 nitrogen and oxygen atoms in total. The third-order valence-electron chi connectivity index (χ3n) is 5.69. The van der Waals surface area contributed by atoms with Gasteiger partial charge in [0.15, 0.2) is 0 Å². The number of amides is 2. The molecule has 1 aromatic heterocycles. The minimum Gasteiger partial charge on any atom is -0.353 e. The predicted octanol–water partition coefficient (Wildman–Crippen LogP) is 2.28. The number of aromatic nitrogens is 2. The normalized spacial score (nSPS) is 21.6. The summed E-state index contributed by atoms with van der Waals surface area (Å²) in [4.78, 5) is 29.2.